The molecule has 4 nitrogen and oxygen atoms in total. The number of carbonyl (C=O) groups excluding carboxylic acids is 1. The molecule has 0 spiro atoms. The fourth-order valence-corrected chi connectivity index (χ4v) is 0.811. The molecule has 0 aromatic carbocycles. The third kappa shape index (κ3) is 9.22. The second-order valence-corrected chi connectivity index (χ2v) is 2.77. The van der Waals surface area contributed by atoms with Crippen molar-refractivity contribution in [1.82, 2.24) is 0 Å². The van der Waals surface area contributed by atoms with Gasteiger partial charge in [0.15, 0.2) is 0 Å². The Labute approximate surface area is 84.5 Å². The number of aliphatic hydroxyl groups is 1. The van der Waals surface area contributed by atoms with Crippen molar-refractivity contribution in [3.8, 4) is 0 Å². The zero-order chi connectivity index (χ0) is 10.6. The predicted molar refractivity (Wildman–Crippen MR) is 52.9 cm³/mol. The number of hydrogen-bond donors (Lipinski definition) is 1. The van der Waals surface area contributed by atoms with Gasteiger partial charge in [0.25, 0.3) is 0 Å². The molecule has 4 heteroatoms. The topological polar surface area (TPSA) is 55.8 Å². The third-order valence-electron chi connectivity index (χ3n) is 1.54. The maximum atomic E-state index is 10.6. The maximum absolute atomic E-state index is 10.6. The van der Waals surface area contributed by atoms with Gasteiger partial charge in [-0.25, -0.2) is 4.79 Å². The number of aliphatic hydroxyl groups excluding tert-OH is 1. The molecule has 0 atom stereocenters. The molecule has 0 aromatic heterocycles. The van der Waals surface area contributed by atoms with Crippen molar-refractivity contribution in [2.45, 2.75) is 19.3 Å². The van der Waals surface area contributed by atoms with E-state index in [0.29, 0.717) is 26.2 Å². The highest BCUT2D eigenvalue weighted by molar-refractivity contribution is 5.81. The monoisotopic (exact) mass is 202 g/mol. The van der Waals surface area contributed by atoms with Crippen LogP contribution in [0.3, 0.4) is 0 Å². The number of carbonyl (C=O) groups is 1. The molecular weight excluding hydrogens is 184 g/mol. The Balaban J connectivity index is 2.99. The molecule has 0 aliphatic heterocycles. The fourth-order valence-electron chi connectivity index (χ4n) is 0.811. The summed E-state index contributed by atoms with van der Waals surface area (Å²) in [5, 5.41) is 8.47. The maximum Gasteiger partial charge on any atom is 0.330 e. The second kappa shape index (κ2) is 10.2. The van der Waals surface area contributed by atoms with E-state index in [4.69, 9.17) is 14.6 Å². The Morgan fingerprint density at radius 2 is 1.93 bits per heavy atom. The third-order valence-corrected chi connectivity index (χ3v) is 1.54. The van der Waals surface area contributed by atoms with Crippen LogP contribution in [0.25, 0.3) is 0 Å². The van der Waals surface area contributed by atoms with Crippen LogP contribution in [0.15, 0.2) is 12.7 Å². The van der Waals surface area contributed by atoms with E-state index < -0.39 is 5.97 Å². The van der Waals surface area contributed by atoms with E-state index in [1.807, 2.05) is 0 Å². The van der Waals surface area contributed by atoms with Crippen LogP contribution in [-0.4, -0.2) is 37.5 Å². The minimum atomic E-state index is -0.398. The number of unbranched alkanes of at least 4 members (excludes halogenated alkanes) is 1. The summed E-state index contributed by atoms with van der Waals surface area (Å²) in [6.07, 6.45) is 3.47. The number of hydrogen-bond acceptors (Lipinski definition) is 4. The Morgan fingerprint density at radius 3 is 2.57 bits per heavy atom. The van der Waals surface area contributed by atoms with Crippen LogP contribution < -0.4 is 0 Å². The minimum Gasteiger partial charge on any atom is -0.462 e. The van der Waals surface area contributed by atoms with Crippen molar-refractivity contribution in [3.63, 3.8) is 0 Å². The van der Waals surface area contributed by atoms with Crippen molar-refractivity contribution in [1.29, 1.82) is 0 Å². The fraction of sp³-hybridized carbons (Fsp3) is 0.700. The molecular formula is C10H18O4. The van der Waals surface area contributed by atoms with E-state index in [2.05, 4.69) is 6.58 Å². The summed E-state index contributed by atoms with van der Waals surface area (Å²) in [6.45, 7) is 5.08. The van der Waals surface area contributed by atoms with Gasteiger partial charge in [0.05, 0.1) is 6.61 Å². The summed E-state index contributed by atoms with van der Waals surface area (Å²) >= 11 is 0. The molecule has 0 aliphatic carbocycles. The van der Waals surface area contributed by atoms with Crippen LogP contribution in [0.1, 0.15) is 19.3 Å². The first kappa shape index (κ1) is 13.1. The van der Waals surface area contributed by atoms with Gasteiger partial charge in [-0.1, -0.05) is 6.58 Å². The lowest BCUT2D eigenvalue weighted by Crippen LogP contribution is -2.05. The predicted octanol–water partition coefficient (Wildman–Crippen LogP) is 0.895. The van der Waals surface area contributed by atoms with Crippen molar-refractivity contribution in [2.75, 3.05) is 26.4 Å². The standard InChI is InChI=1S/C10H18O4/c1-2-10(12)14-9-5-8-13-7-4-3-6-11/h2,11H,1,3-9H2. The first-order valence-electron chi connectivity index (χ1n) is 4.79. The highest BCUT2D eigenvalue weighted by Crippen LogP contribution is 1.91. The van der Waals surface area contributed by atoms with Crippen molar-refractivity contribution < 1.29 is 19.4 Å². The van der Waals surface area contributed by atoms with Crippen LogP contribution >= 0.6 is 0 Å². The SMILES string of the molecule is C=CC(=O)OCCCOCCCCO. The molecule has 0 saturated heterocycles. The molecule has 0 saturated carbocycles. The lowest BCUT2D eigenvalue weighted by molar-refractivity contribution is -0.138. The van der Waals surface area contributed by atoms with Gasteiger partial charge < -0.3 is 14.6 Å². The van der Waals surface area contributed by atoms with E-state index in [9.17, 15) is 4.79 Å². The number of esters is 1. The van der Waals surface area contributed by atoms with Gasteiger partial charge >= 0.3 is 5.97 Å². The normalized spacial score (nSPS) is 9.79. The summed E-state index contributed by atoms with van der Waals surface area (Å²) in [6, 6.07) is 0. The molecule has 0 fully saturated rings. The molecule has 82 valence electrons. The van der Waals surface area contributed by atoms with Gasteiger partial charge in [-0.2, -0.15) is 0 Å². The lowest BCUT2D eigenvalue weighted by atomic mass is 10.3. The average Bonchev–Trinajstić information content (AvgIpc) is 2.21. The van der Waals surface area contributed by atoms with E-state index in [1.165, 1.54) is 0 Å². The Bertz CT molecular complexity index is 156. The number of rotatable bonds is 9. The molecule has 0 aromatic rings. The van der Waals surface area contributed by atoms with Crippen LogP contribution in [0, 0.1) is 0 Å². The Morgan fingerprint density at radius 1 is 1.21 bits per heavy atom. The molecule has 0 amide bonds. The first-order chi connectivity index (χ1) is 6.81. The zero-order valence-electron chi connectivity index (χ0n) is 8.41. The van der Waals surface area contributed by atoms with Crippen LogP contribution in [0.2, 0.25) is 0 Å². The molecule has 1 N–H and O–H groups in total. The average molecular weight is 202 g/mol. The summed E-state index contributed by atoms with van der Waals surface area (Å²) in [5.74, 6) is -0.398. The van der Waals surface area contributed by atoms with E-state index in [-0.39, 0.29) is 6.61 Å². The second-order valence-electron chi connectivity index (χ2n) is 2.77. The van der Waals surface area contributed by atoms with Gasteiger partial charge in [0.2, 0.25) is 0 Å². The minimum absolute atomic E-state index is 0.209. The van der Waals surface area contributed by atoms with Gasteiger partial charge in [-0.15, -0.1) is 0 Å². The van der Waals surface area contributed by atoms with Gasteiger partial charge in [0.1, 0.15) is 0 Å². The molecule has 0 radical (unpaired) electrons. The van der Waals surface area contributed by atoms with E-state index >= 15 is 0 Å². The molecule has 0 rings (SSSR count). The van der Waals surface area contributed by atoms with Gasteiger partial charge in [-0.05, 0) is 12.8 Å². The molecule has 14 heavy (non-hydrogen) atoms. The lowest BCUT2D eigenvalue weighted by Gasteiger charge is -2.03. The quantitative estimate of drug-likeness (QED) is 0.343. The zero-order valence-corrected chi connectivity index (χ0v) is 8.41. The van der Waals surface area contributed by atoms with Gasteiger partial charge in [-0.3, -0.25) is 0 Å². The summed E-state index contributed by atoms with van der Waals surface area (Å²) in [5.41, 5.74) is 0. The van der Waals surface area contributed by atoms with Crippen LogP contribution in [-0.2, 0) is 14.3 Å². The molecule has 0 bridgehead atoms. The highest BCUT2D eigenvalue weighted by Gasteiger charge is 1.94. The number of ether oxygens (including phenoxy) is 2. The molecule has 0 unspecified atom stereocenters. The smallest absolute Gasteiger partial charge is 0.330 e. The first-order valence-corrected chi connectivity index (χ1v) is 4.79. The summed E-state index contributed by atoms with van der Waals surface area (Å²) in [4.78, 5) is 10.6. The summed E-state index contributed by atoms with van der Waals surface area (Å²) < 4.78 is 9.96. The molecule has 0 heterocycles. The molecule has 0 aliphatic rings. The highest BCUT2D eigenvalue weighted by atomic mass is 16.5. The van der Waals surface area contributed by atoms with E-state index in [1.54, 1.807) is 0 Å². The largest absolute Gasteiger partial charge is 0.462 e. The van der Waals surface area contributed by atoms with Crippen molar-refractivity contribution in [3.05, 3.63) is 12.7 Å². The van der Waals surface area contributed by atoms with Crippen molar-refractivity contribution >= 4 is 5.97 Å². The Hall–Kier alpha value is -0.870. The van der Waals surface area contributed by atoms with E-state index in [0.717, 1.165) is 18.9 Å². The van der Waals surface area contributed by atoms with Crippen molar-refractivity contribution in [2.24, 2.45) is 0 Å². The van der Waals surface area contributed by atoms with Crippen LogP contribution in [0.4, 0.5) is 0 Å². The van der Waals surface area contributed by atoms with Crippen LogP contribution in [0.5, 0.6) is 0 Å². The Kier molecular flexibility index (Phi) is 9.58. The van der Waals surface area contributed by atoms with Gasteiger partial charge in [0, 0.05) is 32.3 Å². The summed E-state index contributed by atoms with van der Waals surface area (Å²) in [7, 11) is 0.